The molecule has 142 valence electrons. The van der Waals surface area contributed by atoms with Crippen molar-refractivity contribution >= 4 is 0 Å². The van der Waals surface area contributed by atoms with Gasteiger partial charge in [-0.15, -0.1) is 0 Å². The van der Waals surface area contributed by atoms with E-state index in [9.17, 15) is 0 Å². The van der Waals surface area contributed by atoms with Crippen LogP contribution in [-0.4, -0.2) is 24.0 Å². The maximum atomic E-state index is 2.91. The van der Waals surface area contributed by atoms with E-state index in [2.05, 4.69) is 18.7 Å². The van der Waals surface area contributed by atoms with Crippen molar-refractivity contribution in [1.29, 1.82) is 0 Å². The van der Waals surface area contributed by atoms with Crippen molar-refractivity contribution in [1.82, 2.24) is 4.90 Å². The van der Waals surface area contributed by atoms with Gasteiger partial charge in [0, 0.05) is 6.04 Å². The Morgan fingerprint density at radius 3 is 2.44 bits per heavy atom. The number of fused-ring (bicyclic) bond motifs is 5. The molecule has 1 heterocycles. The average Bonchev–Trinajstić information content (AvgIpc) is 3.00. The first-order chi connectivity index (χ1) is 12.1. The van der Waals surface area contributed by atoms with Gasteiger partial charge in [-0.25, -0.2) is 0 Å². The summed E-state index contributed by atoms with van der Waals surface area (Å²) in [6.45, 7) is 8.24. The van der Waals surface area contributed by atoms with E-state index in [0.717, 1.165) is 29.7 Å². The molecule has 0 aromatic rings. The Kier molecular flexibility index (Phi) is 4.27. The maximum absolute atomic E-state index is 2.91. The van der Waals surface area contributed by atoms with E-state index in [1.807, 2.05) is 0 Å². The van der Waals surface area contributed by atoms with Crippen LogP contribution in [0.5, 0.6) is 0 Å². The summed E-state index contributed by atoms with van der Waals surface area (Å²) in [6, 6.07) is 0.936. The highest BCUT2D eigenvalue weighted by molar-refractivity contribution is 5.09. The SMILES string of the molecule is C[C@]12CC[C@@H]3[C@@H](CCC4CCCC[C@@]43C)[C@@H]1CC(N1CCCCC1)C2. The first-order valence-electron chi connectivity index (χ1n) is 11.8. The van der Waals surface area contributed by atoms with Crippen LogP contribution in [0, 0.1) is 34.5 Å². The lowest BCUT2D eigenvalue weighted by molar-refractivity contribution is -0.103. The lowest BCUT2D eigenvalue weighted by atomic mass is 9.45. The minimum absolute atomic E-state index is 0.682. The second-order valence-corrected chi connectivity index (χ2v) is 11.3. The molecule has 0 spiro atoms. The fourth-order valence-electron chi connectivity index (χ4n) is 8.88. The topological polar surface area (TPSA) is 3.24 Å². The Bertz CT molecular complexity index is 494. The molecule has 0 aromatic carbocycles. The van der Waals surface area contributed by atoms with Gasteiger partial charge in [0.25, 0.3) is 0 Å². The van der Waals surface area contributed by atoms with E-state index >= 15 is 0 Å². The number of rotatable bonds is 1. The van der Waals surface area contributed by atoms with Crippen LogP contribution in [0.4, 0.5) is 0 Å². The van der Waals surface area contributed by atoms with Gasteiger partial charge in [0.05, 0.1) is 0 Å². The summed E-state index contributed by atoms with van der Waals surface area (Å²) in [4.78, 5) is 2.91. The number of nitrogens with zero attached hydrogens (tertiary/aromatic N) is 1. The standard InChI is InChI=1S/C24H41N/c1-23-13-11-21-20(10-9-18-8-4-5-12-24(18,21)2)22(23)16-19(17-23)25-14-6-3-7-15-25/h18-22H,3-17H2,1-2H3/t18?,19?,20-,21-,22+,23-,24+/m1/s1. The van der Waals surface area contributed by atoms with Gasteiger partial charge in [-0.2, -0.15) is 0 Å². The summed E-state index contributed by atoms with van der Waals surface area (Å²) < 4.78 is 0. The van der Waals surface area contributed by atoms with Crippen LogP contribution in [0.15, 0.2) is 0 Å². The molecule has 5 aliphatic rings. The number of piperidine rings is 1. The first kappa shape index (κ1) is 17.1. The molecule has 5 fully saturated rings. The summed E-state index contributed by atoms with van der Waals surface area (Å²) in [5.41, 5.74) is 1.40. The van der Waals surface area contributed by atoms with Crippen LogP contribution < -0.4 is 0 Å². The van der Waals surface area contributed by atoms with Crippen molar-refractivity contribution in [3.8, 4) is 0 Å². The lowest BCUT2D eigenvalue weighted by Gasteiger charge is -2.60. The quantitative estimate of drug-likeness (QED) is 0.542. The highest BCUT2D eigenvalue weighted by Crippen LogP contribution is 2.66. The summed E-state index contributed by atoms with van der Waals surface area (Å²) in [5, 5.41) is 0. The van der Waals surface area contributed by atoms with Gasteiger partial charge >= 0.3 is 0 Å². The maximum Gasteiger partial charge on any atom is 0.0103 e. The molecule has 0 radical (unpaired) electrons. The first-order valence-corrected chi connectivity index (χ1v) is 11.8. The van der Waals surface area contributed by atoms with E-state index in [4.69, 9.17) is 0 Å². The zero-order valence-corrected chi connectivity index (χ0v) is 16.9. The zero-order chi connectivity index (χ0) is 17.1. The third-order valence-electron chi connectivity index (χ3n) is 10.2. The second kappa shape index (κ2) is 6.25. The van der Waals surface area contributed by atoms with E-state index in [1.54, 1.807) is 44.9 Å². The molecule has 0 bridgehead atoms. The highest BCUT2D eigenvalue weighted by Gasteiger charge is 2.59. The van der Waals surface area contributed by atoms with Crippen molar-refractivity contribution in [2.45, 2.75) is 103 Å². The average molecular weight is 344 g/mol. The molecular weight excluding hydrogens is 302 g/mol. The Morgan fingerprint density at radius 1 is 0.760 bits per heavy atom. The molecule has 0 N–H and O–H groups in total. The van der Waals surface area contributed by atoms with Gasteiger partial charge in [-0.1, -0.05) is 33.1 Å². The van der Waals surface area contributed by atoms with Crippen LogP contribution >= 0.6 is 0 Å². The Labute approximate surface area is 156 Å². The molecule has 1 saturated heterocycles. The van der Waals surface area contributed by atoms with Gasteiger partial charge in [0.1, 0.15) is 0 Å². The summed E-state index contributed by atoms with van der Waals surface area (Å²) in [6.07, 6.45) is 19.9. The van der Waals surface area contributed by atoms with Crippen LogP contribution in [0.3, 0.4) is 0 Å². The van der Waals surface area contributed by atoms with E-state index in [1.165, 1.54) is 51.6 Å². The van der Waals surface area contributed by atoms with Gasteiger partial charge in [-0.3, -0.25) is 0 Å². The van der Waals surface area contributed by atoms with E-state index in [-0.39, 0.29) is 0 Å². The predicted molar refractivity (Wildman–Crippen MR) is 106 cm³/mol. The summed E-state index contributed by atoms with van der Waals surface area (Å²) in [7, 11) is 0. The second-order valence-electron chi connectivity index (χ2n) is 11.3. The van der Waals surface area contributed by atoms with Crippen molar-refractivity contribution in [3.05, 3.63) is 0 Å². The monoisotopic (exact) mass is 343 g/mol. The minimum Gasteiger partial charge on any atom is -0.300 e. The largest absolute Gasteiger partial charge is 0.300 e. The van der Waals surface area contributed by atoms with Gasteiger partial charge < -0.3 is 4.90 Å². The smallest absolute Gasteiger partial charge is 0.0103 e. The third kappa shape index (κ3) is 2.66. The van der Waals surface area contributed by atoms with Crippen molar-refractivity contribution in [2.75, 3.05) is 13.1 Å². The number of hydrogen-bond acceptors (Lipinski definition) is 1. The summed E-state index contributed by atoms with van der Waals surface area (Å²) >= 11 is 0. The molecule has 1 nitrogen and oxygen atoms in total. The molecular formula is C24H41N. The molecule has 0 aromatic heterocycles. The molecule has 4 aliphatic carbocycles. The molecule has 7 atom stereocenters. The molecule has 25 heavy (non-hydrogen) atoms. The number of hydrogen-bond donors (Lipinski definition) is 0. The fraction of sp³-hybridized carbons (Fsp3) is 1.00. The van der Waals surface area contributed by atoms with Crippen LogP contribution in [0.1, 0.15) is 97.3 Å². The predicted octanol–water partition coefficient (Wildman–Crippen LogP) is 6.27. The molecule has 1 aliphatic heterocycles. The molecule has 4 saturated carbocycles. The molecule has 5 rings (SSSR count). The van der Waals surface area contributed by atoms with Crippen LogP contribution in [-0.2, 0) is 0 Å². The molecule has 1 heteroatoms. The van der Waals surface area contributed by atoms with Gasteiger partial charge in [0.15, 0.2) is 0 Å². The van der Waals surface area contributed by atoms with Crippen LogP contribution in [0.25, 0.3) is 0 Å². The zero-order valence-electron chi connectivity index (χ0n) is 16.9. The van der Waals surface area contributed by atoms with Gasteiger partial charge in [0.2, 0.25) is 0 Å². The Morgan fingerprint density at radius 2 is 1.60 bits per heavy atom. The highest BCUT2D eigenvalue weighted by atomic mass is 15.2. The van der Waals surface area contributed by atoms with Crippen molar-refractivity contribution in [3.63, 3.8) is 0 Å². The molecule has 2 unspecified atom stereocenters. The molecule has 0 amide bonds. The van der Waals surface area contributed by atoms with Crippen molar-refractivity contribution in [2.24, 2.45) is 34.5 Å². The summed E-state index contributed by atoms with van der Waals surface area (Å²) in [5.74, 6) is 4.28. The van der Waals surface area contributed by atoms with E-state index in [0.29, 0.717) is 10.8 Å². The third-order valence-corrected chi connectivity index (χ3v) is 10.2. The Balaban J connectivity index is 1.37. The van der Waals surface area contributed by atoms with Gasteiger partial charge in [-0.05, 0) is 112 Å². The fourth-order valence-corrected chi connectivity index (χ4v) is 8.88. The van der Waals surface area contributed by atoms with E-state index < -0.39 is 0 Å². The minimum atomic E-state index is 0.682. The number of likely N-dealkylation sites (tertiary alicyclic amines) is 1. The Hall–Kier alpha value is -0.0400. The van der Waals surface area contributed by atoms with Crippen LogP contribution in [0.2, 0.25) is 0 Å². The lowest BCUT2D eigenvalue weighted by Crippen LogP contribution is -2.51. The van der Waals surface area contributed by atoms with Crippen molar-refractivity contribution < 1.29 is 0 Å². The normalized spacial score (nSPS) is 53.8.